The predicted molar refractivity (Wildman–Crippen MR) is 83.4 cm³/mol. The van der Waals surface area contributed by atoms with Crippen LogP contribution in [0.15, 0.2) is 22.7 Å². The Hall–Kier alpha value is -0.210. The van der Waals surface area contributed by atoms with Gasteiger partial charge >= 0.3 is 0 Å². The van der Waals surface area contributed by atoms with E-state index in [0.717, 1.165) is 27.0 Å². The molecule has 3 heteroatoms. The summed E-state index contributed by atoms with van der Waals surface area (Å²) in [6.45, 7) is 4.67. The first-order valence-corrected chi connectivity index (χ1v) is 7.96. The minimum Gasteiger partial charge on any atom is -0.382 e. The first-order chi connectivity index (χ1) is 8.58. The highest BCUT2D eigenvalue weighted by Gasteiger charge is 2.27. The maximum atomic E-state index is 6.14. The average molecular weight is 331 g/mol. The van der Waals surface area contributed by atoms with Crippen LogP contribution in [-0.2, 0) is 0 Å². The van der Waals surface area contributed by atoms with E-state index in [1.807, 2.05) is 12.1 Å². The van der Waals surface area contributed by atoms with Crippen molar-refractivity contribution in [2.24, 2.45) is 11.8 Å². The quantitative estimate of drug-likeness (QED) is 0.746. The summed E-state index contributed by atoms with van der Waals surface area (Å²) in [5.74, 6) is 1.52. The van der Waals surface area contributed by atoms with Gasteiger partial charge in [-0.25, -0.2) is 0 Å². The minimum absolute atomic E-state index is 0.594. The van der Waals surface area contributed by atoms with E-state index in [2.05, 4.69) is 41.2 Å². The molecule has 0 spiro atoms. The van der Waals surface area contributed by atoms with E-state index in [1.54, 1.807) is 0 Å². The van der Waals surface area contributed by atoms with E-state index in [-0.39, 0.29) is 0 Å². The fourth-order valence-corrected chi connectivity index (χ4v) is 3.36. The van der Waals surface area contributed by atoms with Crippen LogP contribution in [0.1, 0.15) is 39.5 Å². The lowest BCUT2D eigenvalue weighted by Gasteiger charge is -2.35. The number of rotatable bonds is 3. The molecule has 0 bridgehead atoms. The molecule has 1 aliphatic carbocycles. The van der Waals surface area contributed by atoms with E-state index in [4.69, 9.17) is 11.6 Å². The minimum atomic E-state index is 0.594. The third-order valence-corrected chi connectivity index (χ3v) is 5.18. The smallest absolute Gasteiger partial charge is 0.0568 e. The maximum absolute atomic E-state index is 6.14. The number of nitrogens with one attached hydrogen (secondary N) is 1. The van der Waals surface area contributed by atoms with Crippen LogP contribution in [0, 0.1) is 11.8 Å². The summed E-state index contributed by atoms with van der Waals surface area (Å²) in [5, 5.41) is 4.45. The molecule has 1 nitrogen and oxygen atoms in total. The first kappa shape index (κ1) is 14.2. The number of benzene rings is 1. The van der Waals surface area contributed by atoms with Crippen LogP contribution in [0.5, 0.6) is 0 Å². The Bertz CT molecular complexity index is 405. The van der Waals surface area contributed by atoms with Crippen LogP contribution in [0.4, 0.5) is 5.69 Å². The monoisotopic (exact) mass is 329 g/mol. The summed E-state index contributed by atoms with van der Waals surface area (Å²) >= 11 is 9.57. The molecule has 2 unspecified atom stereocenters. The van der Waals surface area contributed by atoms with Gasteiger partial charge in [0.05, 0.1) is 5.02 Å². The molecule has 18 heavy (non-hydrogen) atoms. The second-order valence-electron chi connectivity index (χ2n) is 5.57. The zero-order chi connectivity index (χ0) is 13.1. The molecule has 0 amide bonds. The Morgan fingerprint density at radius 2 is 2.00 bits per heavy atom. The summed E-state index contributed by atoms with van der Waals surface area (Å²) in [6.07, 6.45) is 5.34. The molecule has 1 aromatic rings. The second-order valence-corrected chi connectivity index (χ2v) is 6.83. The van der Waals surface area contributed by atoms with Crippen LogP contribution in [0.3, 0.4) is 0 Å². The predicted octanol–water partition coefficient (Wildman–Crippen LogP) is 5.73. The van der Waals surface area contributed by atoms with E-state index >= 15 is 0 Å². The number of halogens is 2. The van der Waals surface area contributed by atoms with Crippen molar-refractivity contribution in [3.05, 3.63) is 27.7 Å². The molecule has 1 saturated carbocycles. The van der Waals surface area contributed by atoms with Gasteiger partial charge in [0.25, 0.3) is 0 Å². The van der Waals surface area contributed by atoms with Crippen molar-refractivity contribution in [1.29, 1.82) is 0 Å². The molecule has 0 heterocycles. The zero-order valence-electron chi connectivity index (χ0n) is 11.0. The van der Waals surface area contributed by atoms with Crippen LogP contribution in [0.25, 0.3) is 0 Å². The lowest BCUT2D eigenvalue weighted by molar-refractivity contribution is 0.254. The standard InChI is InChI=1S/C15H21BrClN/c1-10(2)12-5-3-4-6-15(12)18-11-7-8-13(16)14(17)9-11/h7-10,12,15,18H,3-6H2,1-2H3. The molecule has 100 valence electrons. The number of hydrogen-bond acceptors (Lipinski definition) is 1. The van der Waals surface area contributed by atoms with Gasteiger partial charge in [-0.1, -0.05) is 38.3 Å². The summed E-state index contributed by atoms with van der Waals surface area (Å²) in [5.41, 5.74) is 1.14. The van der Waals surface area contributed by atoms with E-state index in [9.17, 15) is 0 Å². The van der Waals surface area contributed by atoms with Gasteiger partial charge in [-0.3, -0.25) is 0 Å². The van der Waals surface area contributed by atoms with Crippen molar-refractivity contribution in [2.45, 2.75) is 45.6 Å². The molecule has 2 atom stereocenters. The van der Waals surface area contributed by atoms with Crippen LogP contribution >= 0.6 is 27.5 Å². The zero-order valence-corrected chi connectivity index (χ0v) is 13.4. The second kappa shape index (κ2) is 6.29. The van der Waals surface area contributed by atoms with Gasteiger partial charge in [0.15, 0.2) is 0 Å². The van der Waals surface area contributed by atoms with Gasteiger partial charge in [0, 0.05) is 16.2 Å². The van der Waals surface area contributed by atoms with Gasteiger partial charge < -0.3 is 5.32 Å². The molecule has 2 rings (SSSR count). The summed E-state index contributed by atoms with van der Waals surface area (Å²) < 4.78 is 0.957. The third kappa shape index (κ3) is 3.42. The maximum Gasteiger partial charge on any atom is 0.0568 e. The van der Waals surface area contributed by atoms with E-state index in [0.29, 0.717) is 6.04 Å². The van der Waals surface area contributed by atoms with Gasteiger partial charge in [0.1, 0.15) is 0 Å². The van der Waals surface area contributed by atoms with Gasteiger partial charge in [-0.2, -0.15) is 0 Å². The average Bonchev–Trinajstić information content (AvgIpc) is 2.34. The largest absolute Gasteiger partial charge is 0.382 e. The van der Waals surface area contributed by atoms with Gasteiger partial charge in [0.2, 0.25) is 0 Å². The normalized spacial score (nSPS) is 24.3. The van der Waals surface area contributed by atoms with Gasteiger partial charge in [-0.15, -0.1) is 0 Å². The Morgan fingerprint density at radius 3 is 2.67 bits per heavy atom. The lowest BCUT2D eigenvalue weighted by Crippen LogP contribution is -2.35. The fraction of sp³-hybridized carbons (Fsp3) is 0.600. The summed E-state index contributed by atoms with van der Waals surface area (Å²) in [7, 11) is 0. The molecule has 1 aliphatic rings. The van der Waals surface area contributed by atoms with Crippen molar-refractivity contribution in [3.63, 3.8) is 0 Å². The third-order valence-electron chi connectivity index (χ3n) is 3.95. The Kier molecular flexibility index (Phi) is 4.97. The molecule has 1 aromatic carbocycles. The van der Waals surface area contributed by atoms with Crippen molar-refractivity contribution >= 4 is 33.2 Å². The molecular weight excluding hydrogens is 310 g/mol. The SMILES string of the molecule is CC(C)C1CCCCC1Nc1ccc(Br)c(Cl)c1. The van der Waals surface area contributed by atoms with Crippen molar-refractivity contribution in [3.8, 4) is 0 Å². The number of anilines is 1. The molecule has 0 aromatic heterocycles. The highest BCUT2D eigenvalue weighted by Crippen LogP contribution is 2.33. The Labute approximate surface area is 123 Å². The van der Waals surface area contributed by atoms with Crippen molar-refractivity contribution in [2.75, 3.05) is 5.32 Å². The fourth-order valence-electron chi connectivity index (χ4n) is 2.94. The lowest BCUT2D eigenvalue weighted by atomic mass is 9.78. The van der Waals surface area contributed by atoms with Crippen LogP contribution in [-0.4, -0.2) is 6.04 Å². The van der Waals surface area contributed by atoms with E-state index in [1.165, 1.54) is 25.7 Å². The van der Waals surface area contributed by atoms with Crippen LogP contribution in [0.2, 0.25) is 5.02 Å². The topological polar surface area (TPSA) is 12.0 Å². The van der Waals surface area contributed by atoms with Crippen molar-refractivity contribution in [1.82, 2.24) is 0 Å². The highest BCUT2D eigenvalue weighted by molar-refractivity contribution is 9.10. The molecule has 1 N–H and O–H groups in total. The Morgan fingerprint density at radius 1 is 1.28 bits per heavy atom. The Balaban J connectivity index is 2.08. The van der Waals surface area contributed by atoms with Crippen molar-refractivity contribution < 1.29 is 0 Å². The van der Waals surface area contributed by atoms with Gasteiger partial charge in [-0.05, 0) is 58.8 Å². The highest BCUT2D eigenvalue weighted by atomic mass is 79.9. The first-order valence-electron chi connectivity index (χ1n) is 6.79. The number of hydrogen-bond donors (Lipinski definition) is 1. The molecule has 0 saturated heterocycles. The molecule has 0 radical (unpaired) electrons. The van der Waals surface area contributed by atoms with Crippen LogP contribution < -0.4 is 5.32 Å². The summed E-state index contributed by atoms with van der Waals surface area (Å²) in [6, 6.07) is 6.72. The summed E-state index contributed by atoms with van der Waals surface area (Å²) in [4.78, 5) is 0. The van der Waals surface area contributed by atoms with E-state index < -0.39 is 0 Å². The molecule has 0 aliphatic heterocycles. The molecular formula is C15H21BrClN. The molecule has 1 fully saturated rings.